The van der Waals surface area contributed by atoms with Crippen LogP contribution in [0.25, 0.3) is 0 Å². The largest absolute Gasteiger partial charge is 0.497 e. The average Bonchev–Trinajstić information content (AvgIpc) is 3.22. The first-order valence-electron chi connectivity index (χ1n) is 10.4. The maximum absolute atomic E-state index is 13.3. The van der Waals surface area contributed by atoms with Crippen molar-refractivity contribution >= 4 is 17.9 Å². The number of esters is 2. The van der Waals surface area contributed by atoms with Crippen LogP contribution in [0.4, 0.5) is 5.95 Å². The van der Waals surface area contributed by atoms with Crippen LogP contribution in [0.2, 0.25) is 0 Å². The summed E-state index contributed by atoms with van der Waals surface area (Å²) in [4.78, 5) is 29.5. The smallest absolute Gasteiger partial charge is 0.378 e. The van der Waals surface area contributed by atoms with Crippen molar-refractivity contribution in [1.29, 1.82) is 0 Å². The van der Waals surface area contributed by atoms with Crippen molar-refractivity contribution in [2.45, 2.75) is 51.2 Å². The standard InChI is InChI=1S/C22H26N4O5/c1-13-17(20(27)31-16-7-5-4-6-8-16)18(14-9-11-15(29-2)12-10-14)26-22(23-13)24-19(25-26)21(28)30-3/h9-12,16,18H,4-8H2,1-3H3,(H,23,24,25)/t18-/m1/s1. The number of methoxy groups -OCH3 is 2. The Morgan fingerprint density at radius 3 is 2.42 bits per heavy atom. The molecule has 1 aliphatic carbocycles. The monoisotopic (exact) mass is 426 g/mol. The zero-order valence-electron chi connectivity index (χ0n) is 17.9. The van der Waals surface area contributed by atoms with Crippen LogP contribution < -0.4 is 10.1 Å². The predicted molar refractivity (Wildman–Crippen MR) is 112 cm³/mol. The first kappa shape index (κ1) is 20.9. The number of anilines is 1. The second-order valence-corrected chi connectivity index (χ2v) is 7.70. The lowest BCUT2D eigenvalue weighted by molar-refractivity contribution is -0.146. The van der Waals surface area contributed by atoms with Crippen LogP contribution in [-0.2, 0) is 14.3 Å². The number of allylic oxidation sites excluding steroid dienone is 1. The second kappa shape index (κ2) is 8.79. The minimum atomic E-state index is -0.652. The third-order valence-electron chi connectivity index (χ3n) is 5.70. The number of rotatable bonds is 5. The molecular weight excluding hydrogens is 400 g/mol. The summed E-state index contributed by atoms with van der Waals surface area (Å²) in [6.07, 6.45) is 4.96. The topological polar surface area (TPSA) is 105 Å². The molecule has 2 heterocycles. The van der Waals surface area contributed by atoms with E-state index in [0.29, 0.717) is 23.0 Å². The average molecular weight is 426 g/mol. The molecule has 1 fully saturated rings. The van der Waals surface area contributed by atoms with E-state index in [4.69, 9.17) is 14.2 Å². The Kier molecular flexibility index (Phi) is 5.92. The van der Waals surface area contributed by atoms with Crippen LogP contribution >= 0.6 is 0 Å². The molecule has 1 N–H and O–H groups in total. The van der Waals surface area contributed by atoms with Crippen molar-refractivity contribution in [2.75, 3.05) is 19.5 Å². The minimum absolute atomic E-state index is 0.0826. The summed E-state index contributed by atoms with van der Waals surface area (Å²) in [7, 11) is 2.86. The SMILES string of the molecule is COC(=O)c1nc2n(n1)[C@H](c1ccc(OC)cc1)C(C(=O)OC1CCCCC1)=C(C)N2. The Bertz CT molecular complexity index is 1010. The summed E-state index contributed by atoms with van der Waals surface area (Å²) in [5.41, 5.74) is 1.84. The third kappa shape index (κ3) is 4.12. The second-order valence-electron chi connectivity index (χ2n) is 7.70. The molecule has 4 rings (SSSR count). The summed E-state index contributed by atoms with van der Waals surface area (Å²) < 4.78 is 17.4. The molecule has 2 aromatic rings. The van der Waals surface area contributed by atoms with E-state index in [1.165, 1.54) is 18.2 Å². The highest BCUT2D eigenvalue weighted by atomic mass is 16.5. The first-order valence-corrected chi connectivity index (χ1v) is 10.4. The Morgan fingerprint density at radius 1 is 1.06 bits per heavy atom. The number of nitrogens with one attached hydrogen (secondary N) is 1. The van der Waals surface area contributed by atoms with Gasteiger partial charge in [-0.15, -0.1) is 5.10 Å². The lowest BCUT2D eigenvalue weighted by atomic mass is 9.95. The van der Waals surface area contributed by atoms with Crippen molar-refractivity contribution < 1.29 is 23.8 Å². The number of hydrogen-bond donors (Lipinski definition) is 1. The zero-order chi connectivity index (χ0) is 22.0. The van der Waals surface area contributed by atoms with Gasteiger partial charge in [0.05, 0.1) is 19.8 Å². The van der Waals surface area contributed by atoms with Gasteiger partial charge in [-0.25, -0.2) is 14.3 Å². The van der Waals surface area contributed by atoms with Crippen LogP contribution in [0.5, 0.6) is 5.75 Å². The molecule has 1 aromatic carbocycles. The molecule has 31 heavy (non-hydrogen) atoms. The fourth-order valence-corrected chi connectivity index (χ4v) is 4.09. The van der Waals surface area contributed by atoms with Gasteiger partial charge in [-0.3, -0.25) is 0 Å². The first-order chi connectivity index (χ1) is 15.0. The number of carbonyl (C=O) groups excluding carboxylic acids is 2. The minimum Gasteiger partial charge on any atom is -0.497 e. The van der Waals surface area contributed by atoms with E-state index in [1.54, 1.807) is 14.0 Å². The van der Waals surface area contributed by atoms with Crippen molar-refractivity contribution in [3.63, 3.8) is 0 Å². The summed E-state index contributed by atoms with van der Waals surface area (Å²) >= 11 is 0. The Balaban J connectivity index is 1.74. The molecule has 0 saturated heterocycles. The van der Waals surface area contributed by atoms with Gasteiger partial charge in [0.25, 0.3) is 5.82 Å². The van der Waals surface area contributed by atoms with Gasteiger partial charge in [0.2, 0.25) is 5.95 Å². The number of benzene rings is 1. The molecule has 1 aromatic heterocycles. The normalized spacial score (nSPS) is 18.7. The fraction of sp³-hybridized carbons (Fsp3) is 0.455. The lowest BCUT2D eigenvalue weighted by Crippen LogP contribution is -2.32. The molecule has 0 radical (unpaired) electrons. The van der Waals surface area contributed by atoms with Crippen LogP contribution in [0, 0.1) is 0 Å². The lowest BCUT2D eigenvalue weighted by Gasteiger charge is -2.30. The van der Waals surface area contributed by atoms with E-state index < -0.39 is 18.0 Å². The predicted octanol–water partition coefficient (Wildman–Crippen LogP) is 3.24. The van der Waals surface area contributed by atoms with E-state index in [0.717, 1.165) is 31.2 Å². The molecule has 1 aliphatic heterocycles. The van der Waals surface area contributed by atoms with Gasteiger partial charge >= 0.3 is 11.9 Å². The van der Waals surface area contributed by atoms with Gasteiger partial charge in [-0.05, 0) is 50.3 Å². The number of hydrogen-bond acceptors (Lipinski definition) is 8. The molecule has 0 bridgehead atoms. The summed E-state index contributed by atoms with van der Waals surface area (Å²) in [6.45, 7) is 1.80. The van der Waals surface area contributed by atoms with Gasteiger partial charge in [0.15, 0.2) is 0 Å². The maximum Gasteiger partial charge on any atom is 0.378 e. The highest BCUT2D eigenvalue weighted by Gasteiger charge is 2.37. The van der Waals surface area contributed by atoms with Gasteiger partial charge in [0, 0.05) is 5.70 Å². The molecule has 1 atom stereocenters. The molecule has 0 unspecified atom stereocenters. The van der Waals surface area contributed by atoms with Crippen LogP contribution in [0.1, 0.15) is 61.3 Å². The summed E-state index contributed by atoms with van der Waals surface area (Å²) in [5, 5.41) is 7.42. The molecule has 9 nitrogen and oxygen atoms in total. The molecule has 2 aliphatic rings. The van der Waals surface area contributed by atoms with E-state index in [9.17, 15) is 9.59 Å². The van der Waals surface area contributed by atoms with Crippen molar-refractivity contribution in [3.8, 4) is 5.75 Å². The van der Waals surface area contributed by atoms with Gasteiger partial charge < -0.3 is 19.5 Å². The number of aromatic nitrogens is 3. The molecular formula is C22H26N4O5. The van der Waals surface area contributed by atoms with Crippen molar-refractivity contribution in [1.82, 2.24) is 14.8 Å². The third-order valence-corrected chi connectivity index (χ3v) is 5.70. The number of nitrogens with zero attached hydrogens (tertiary/aromatic N) is 3. The number of fused-ring (bicyclic) bond motifs is 1. The van der Waals surface area contributed by atoms with E-state index >= 15 is 0 Å². The highest BCUT2D eigenvalue weighted by Crippen LogP contribution is 2.37. The molecule has 9 heteroatoms. The van der Waals surface area contributed by atoms with Crippen molar-refractivity contribution in [3.05, 3.63) is 46.9 Å². The Morgan fingerprint density at radius 2 is 1.77 bits per heavy atom. The zero-order valence-corrected chi connectivity index (χ0v) is 17.9. The Labute approximate surface area is 180 Å². The summed E-state index contributed by atoms with van der Waals surface area (Å²) in [5.74, 6) is -0.0791. The molecule has 1 saturated carbocycles. The fourth-order valence-electron chi connectivity index (χ4n) is 4.09. The van der Waals surface area contributed by atoms with E-state index in [2.05, 4.69) is 15.4 Å². The van der Waals surface area contributed by atoms with Crippen LogP contribution in [0.3, 0.4) is 0 Å². The highest BCUT2D eigenvalue weighted by molar-refractivity contribution is 5.93. The van der Waals surface area contributed by atoms with Crippen LogP contribution in [0.15, 0.2) is 35.5 Å². The Hall–Kier alpha value is -3.36. The molecule has 0 spiro atoms. The number of carbonyl (C=O) groups is 2. The van der Waals surface area contributed by atoms with Crippen molar-refractivity contribution in [2.24, 2.45) is 0 Å². The number of ether oxygens (including phenoxy) is 3. The van der Waals surface area contributed by atoms with Crippen LogP contribution in [-0.4, -0.2) is 47.0 Å². The quantitative estimate of drug-likeness (QED) is 0.727. The summed E-state index contributed by atoms with van der Waals surface area (Å²) in [6, 6.07) is 6.74. The van der Waals surface area contributed by atoms with Gasteiger partial charge in [-0.2, -0.15) is 4.98 Å². The molecule has 164 valence electrons. The van der Waals surface area contributed by atoms with Gasteiger partial charge in [0.1, 0.15) is 17.9 Å². The maximum atomic E-state index is 13.3. The van der Waals surface area contributed by atoms with E-state index in [-0.39, 0.29) is 11.9 Å². The molecule has 0 amide bonds. The van der Waals surface area contributed by atoms with Gasteiger partial charge in [-0.1, -0.05) is 18.6 Å². The van der Waals surface area contributed by atoms with E-state index in [1.807, 2.05) is 24.3 Å².